The van der Waals surface area contributed by atoms with E-state index in [2.05, 4.69) is 0 Å². The molecule has 0 aliphatic heterocycles. The zero-order valence-electron chi connectivity index (χ0n) is 2.14. The van der Waals surface area contributed by atoms with E-state index < -0.39 is 9.17 Å². The van der Waals surface area contributed by atoms with Crippen LogP contribution in [-0.4, -0.2) is 41.8 Å². The summed E-state index contributed by atoms with van der Waals surface area (Å²) in [6.07, 6.45) is 0. The Labute approximate surface area is 63.0 Å². The van der Waals surface area contributed by atoms with Crippen molar-refractivity contribution < 1.29 is 30.8 Å². The Kier molecular flexibility index (Phi) is 24.5. The van der Waals surface area contributed by atoms with E-state index in [4.69, 9.17) is 14.1 Å². The molecule has 0 heterocycles. The van der Waals surface area contributed by atoms with E-state index in [-0.39, 0.29) is 39.8 Å². The van der Waals surface area contributed by atoms with Crippen molar-refractivity contribution in [3.8, 4) is 0 Å². The van der Waals surface area contributed by atoms with Crippen LogP contribution in [0.4, 0.5) is 0 Å². The van der Waals surface area contributed by atoms with E-state index in [1.54, 1.807) is 0 Å². The van der Waals surface area contributed by atoms with Gasteiger partial charge in [0.05, 0.1) is 0 Å². The van der Waals surface area contributed by atoms with Crippen LogP contribution in [0.1, 0.15) is 0 Å². The molecule has 0 aromatic heterocycles. The zero-order valence-corrected chi connectivity index (χ0v) is 4.18. The molecule has 0 aliphatic carbocycles. The molecule has 0 spiro atoms. The average molecular weight is 163 g/mol. The van der Waals surface area contributed by atoms with E-state index in [1.807, 2.05) is 0 Å². The van der Waals surface area contributed by atoms with Gasteiger partial charge in [-0.25, -0.2) is 0 Å². The summed E-state index contributed by atoms with van der Waals surface area (Å²) in [6.45, 7) is 0. The largest absolute Gasteiger partial charge is 0.761 e. The van der Waals surface area contributed by atoms with E-state index >= 15 is 0 Å². The Morgan fingerprint density at radius 3 is 1.33 bits per heavy atom. The fraction of sp³-hybridized carbons (Fsp3) is 0. The summed E-state index contributed by atoms with van der Waals surface area (Å²) in [4.78, 5) is 14.3. The van der Waals surface area contributed by atoms with Crippen molar-refractivity contribution in [2.45, 2.75) is 0 Å². The minimum Gasteiger partial charge on any atom is -0.511 e. The first kappa shape index (κ1) is 15.8. The van der Waals surface area contributed by atoms with Crippen LogP contribution in [0, 0.1) is 0 Å². The molecule has 6 heavy (non-hydrogen) atoms. The van der Waals surface area contributed by atoms with E-state index in [0.29, 0.717) is 0 Å². The standard InChI is InChI=1S/Co.Mg.H2O3Si.2H/c;;1-4(2)3;;/h;;1-2H;;. The van der Waals surface area contributed by atoms with Crippen molar-refractivity contribution in [3.05, 3.63) is 0 Å². The van der Waals surface area contributed by atoms with Crippen molar-refractivity contribution in [3.63, 3.8) is 0 Å². The summed E-state index contributed by atoms with van der Waals surface area (Å²) >= 11 is 0. The van der Waals surface area contributed by atoms with Crippen molar-refractivity contribution in [1.82, 2.24) is 0 Å². The van der Waals surface area contributed by atoms with E-state index in [0.717, 1.165) is 0 Å². The fourth-order valence-corrected chi connectivity index (χ4v) is 0. The minimum absolute atomic E-state index is 0. The molecule has 37 valence electrons. The van der Waals surface area contributed by atoms with Crippen LogP contribution in [0.25, 0.3) is 0 Å². The molecular weight excluding hydrogens is 159 g/mol. The Balaban J connectivity index is -0.0000000450. The number of hydrogen-bond donors (Lipinski definition) is 2. The second-order valence-electron chi connectivity index (χ2n) is 0.283. The summed E-state index contributed by atoms with van der Waals surface area (Å²) in [6, 6.07) is 0. The molecule has 0 aliphatic rings. The van der Waals surface area contributed by atoms with Gasteiger partial charge in [-0.2, -0.15) is 0 Å². The Bertz CT molecular complexity index is 33.8. The van der Waals surface area contributed by atoms with E-state index in [1.165, 1.54) is 0 Å². The molecule has 0 rings (SSSR count). The summed E-state index contributed by atoms with van der Waals surface area (Å²) in [5, 5.41) is 0. The quantitative estimate of drug-likeness (QED) is 0.387. The van der Waals surface area contributed by atoms with Crippen LogP contribution in [0.15, 0.2) is 0 Å². The van der Waals surface area contributed by atoms with Crippen LogP contribution in [-0.2, 0) is 21.2 Å². The first-order chi connectivity index (χ1) is 1.73. The predicted octanol–water partition coefficient (Wildman–Crippen LogP) is -2.53. The van der Waals surface area contributed by atoms with Gasteiger partial charge < -0.3 is 9.59 Å². The predicted molar refractivity (Wildman–Crippen MR) is 19.4 cm³/mol. The maximum atomic E-state index is 8.74. The summed E-state index contributed by atoms with van der Waals surface area (Å²) in [7, 11) is -3.13. The Morgan fingerprint density at radius 1 is 1.33 bits per heavy atom. The van der Waals surface area contributed by atoms with Crippen LogP contribution < -0.4 is 0 Å². The van der Waals surface area contributed by atoms with Gasteiger partial charge in [-0.3, -0.25) is 4.46 Å². The van der Waals surface area contributed by atoms with Gasteiger partial charge in [0.1, 0.15) is 0 Å². The van der Waals surface area contributed by atoms with Gasteiger partial charge in [-0.05, 0) is 0 Å². The summed E-state index contributed by atoms with van der Waals surface area (Å²) < 4.78 is 8.74. The zero-order chi connectivity index (χ0) is 3.58. The summed E-state index contributed by atoms with van der Waals surface area (Å²) in [5.41, 5.74) is 0. The molecule has 0 aromatic rings. The van der Waals surface area contributed by atoms with Gasteiger partial charge in [0.2, 0.25) is 0 Å². The van der Waals surface area contributed by atoms with Gasteiger partial charge in [0, 0.05) is 16.8 Å². The smallest absolute Gasteiger partial charge is 0.511 e. The molecule has 0 saturated heterocycles. The molecule has 0 amide bonds. The molecule has 0 atom stereocenters. The second kappa shape index (κ2) is 9.31. The molecule has 3 nitrogen and oxygen atoms in total. The number of rotatable bonds is 0. The molecule has 0 aromatic carbocycles. The SMILES string of the molecule is O=[Si](O)O.[Co].[MgH2]. The number of hydrogen-bond acceptors (Lipinski definition) is 1. The molecular formula is H4CoMgO3Si. The van der Waals surface area contributed by atoms with Gasteiger partial charge >= 0.3 is 32.2 Å². The molecule has 0 fully saturated rings. The second-order valence-corrected chi connectivity index (χ2v) is 0.848. The van der Waals surface area contributed by atoms with Gasteiger partial charge in [0.15, 0.2) is 0 Å². The van der Waals surface area contributed by atoms with Gasteiger partial charge in [-0.15, -0.1) is 0 Å². The van der Waals surface area contributed by atoms with Crippen LogP contribution in [0.5, 0.6) is 0 Å². The first-order valence-electron chi connectivity index (χ1n) is 0.651. The topological polar surface area (TPSA) is 57.5 Å². The third-order valence-electron chi connectivity index (χ3n) is 0. The fourth-order valence-electron chi connectivity index (χ4n) is 0. The normalized spacial score (nSPS) is 4.00. The van der Waals surface area contributed by atoms with Crippen molar-refractivity contribution in [2.75, 3.05) is 0 Å². The first-order valence-corrected chi connectivity index (χ1v) is 1.95. The Morgan fingerprint density at radius 2 is 1.33 bits per heavy atom. The van der Waals surface area contributed by atoms with Gasteiger partial charge in [-0.1, -0.05) is 0 Å². The maximum absolute atomic E-state index is 8.74. The van der Waals surface area contributed by atoms with Crippen LogP contribution in [0.3, 0.4) is 0 Å². The minimum atomic E-state index is -3.13. The van der Waals surface area contributed by atoms with Crippen LogP contribution >= 0.6 is 0 Å². The maximum Gasteiger partial charge on any atom is 0.761 e. The van der Waals surface area contributed by atoms with E-state index in [9.17, 15) is 0 Å². The molecule has 0 unspecified atom stereocenters. The third kappa shape index (κ3) is 93.5. The molecule has 0 bridgehead atoms. The third-order valence-corrected chi connectivity index (χ3v) is 0. The average Bonchev–Trinajstić information content (AvgIpc) is 0.811. The molecule has 6 heteroatoms. The van der Waals surface area contributed by atoms with Crippen molar-refractivity contribution >= 4 is 32.2 Å². The molecule has 0 saturated carbocycles. The van der Waals surface area contributed by atoms with Crippen LogP contribution in [0.2, 0.25) is 0 Å². The van der Waals surface area contributed by atoms with Crippen molar-refractivity contribution in [2.24, 2.45) is 0 Å². The molecule has 2 N–H and O–H groups in total. The summed E-state index contributed by atoms with van der Waals surface area (Å²) in [5.74, 6) is 0. The Hall–Kier alpha value is 0.890. The van der Waals surface area contributed by atoms with Crippen molar-refractivity contribution in [1.29, 1.82) is 0 Å². The monoisotopic (exact) mass is 163 g/mol. The van der Waals surface area contributed by atoms with Gasteiger partial charge in [0.25, 0.3) is 0 Å². The molecule has 1 radical (unpaired) electrons.